The summed E-state index contributed by atoms with van der Waals surface area (Å²) in [6.07, 6.45) is 0. The summed E-state index contributed by atoms with van der Waals surface area (Å²) < 4.78 is 0. The van der Waals surface area contributed by atoms with E-state index in [1.165, 1.54) is 0 Å². The summed E-state index contributed by atoms with van der Waals surface area (Å²) in [4.78, 5) is 8.75. The van der Waals surface area contributed by atoms with Crippen molar-refractivity contribution >= 4 is 5.95 Å². The van der Waals surface area contributed by atoms with Crippen LogP contribution in [-0.2, 0) is 0 Å². The number of anilines is 1. The lowest BCUT2D eigenvalue weighted by molar-refractivity contribution is 0.244. The van der Waals surface area contributed by atoms with E-state index < -0.39 is 0 Å². The zero-order valence-electron chi connectivity index (χ0n) is 10.5. The quantitative estimate of drug-likeness (QED) is 0.801. The van der Waals surface area contributed by atoms with Crippen molar-refractivity contribution in [2.75, 3.05) is 18.5 Å². The van der Waals surface area contributed by atoms with E-state index >= 15 is 0 Å². The summed E-state index contributed by atoms with van der Waals surface area (Å²) in [5, 5.41) is 12.1. The number of nitrogens with zero attached hydrogens (tertiary/aromatic N) is 2. The zero-order valence-corrected chi connectivity index (χ0v) is 10.5. The second-order valence-corrected chi connectivity index (χ2v) is 4.58. The predicted molar refractivity (Wildman–Crippen MR) is 65.6 cm³/mol. The minimum Gasteiger partial charge on any atom is -0.396 e. The molecule has 0 aliphatic rings. The van der Waals surface area contributed by atoms with E-state index in [4.69, 9.17) is 5.11 Å². The van der Waals surface area contributed by atoms with Gasteiger partial charge in [0, 0.05) is 24.5 Å². The first-order chi connectivity index (χ1) is 7.52. The zero-order chi connectivity index (χ0) is 12.1. The predicted octanol–water partition coefficient (Wildman–Crippen LogP) is 1.95. The molecule has 4 nitrogen and oxygen atoms in total. The number of aromatic nitrogens is 2. The molecule has 1 heterocycles. The van der Waals surface area contributed by atoms with Crippen molar-refractivity contribution in [2.45, 2.75) is 33.6 Å². The molecule has 1 aromatic rings. The molecule has 1 aromatic heterocycles. The van der Waals surface area contributed by atoms with Gasteiger partial charge in [0.25, 0.3) is 0 Å². The summed E-state index contributed by atoms with van der Waals surface area (Å²) in [7, 11) is 0. The minimum atomic E-state index is 0.176. The topological polar surface area (TPSA) is 58.0 Å². The number of aliphatic hydroxyl groups is 1. The van der Waals surface area contributed by atoms with Gasteiger partial charge >= 0.3 is 0 Å². The molecule has 0 saturated heterocycles. The van der Waals surface area contributed by atoms with Crippen molar-refractivity contribution in [3.63, 3.8) is 0 Å². The lowest BCUT2D eigenvalue weighted by Gasteiger charge is -2.12. The Kier molecular flexibility index (Phi) is 4.68. The summed E-state index contributed by atoms with van der Waals surface area (Å²) in [6.45, 7) is 9.04. The minimum absolute atomic E-state index is 0.176. The first kappa shape index (κ1) is 12.9. The third kappa shape index (κ3) is 3.77. The van der Waals surface area contributed by atoms with Crippen LogP contribution in [-0.4, -0.2) is 28.2 Å². The molecule has 0 saturated carbocycles. The van der Waals surface area contributed by atoms with E-state index in [2.05, 4.69) is 29.1 Å². The number of hydrogen-bond donors (Lipinski definition) is 2. The summed E-state index contributed by atoms with van der Waals surface area (Å²) >= 11 is 0. The molecule has 0 aliphatic heterocycles. The van der Waals surface area contributed by atoms with E-state index in [9.17, 15) is 0 Å². The molecule has 1 rings (SSSR count). The average molecular weight is 223 g/mol. The molecule has 90 valence electrons. The Hall–Kier alpha value is -1.16. The molecule has 16 heavy (non-hydrogen) atoms. The molecule has 1 unspecified atom stereocenters. The molecular formula is C12H21N3O. The van der Waals surface area contributed by atoms with Crippen LogP contribution in [0.2, 0.25) is 0 Å². The van der Waals surface area contributed by atoms with E-state index in [0.717, 1.165) is 11.4 Å². The van der Waals surface area contributed by atoms with Gasteiger partial charge in [0.1, 0.15) is 0 Å². The van der Waals surface area contributed by atoms with Gasteiger partial charge in [0.05, 0.1) is 0 Å². The van der Waals surface area contributed by atoms with Crippen molar-refractivity contribution < 1.29 is 5.11 Å². The third-order valence-electron chi connectivity index (χ3n) is 2.39. The smallest absolute Gasteiger partial charge is 0.223 e. The molecule has 1 atom stereocenters. The summed E-state index contributed by atoms with van der Waals surface area (Å²) in [6, 6.07) is 2.01. The summed E-state index contributed by atoms with van der Waals surface area (Å²) in [5.74, 6) is 1.27. The van der Waals surface area contributed by atoms with Crippen LogP contribution in [0, 0.1) is 12.8 Å². The van der Waals surface area contributed by atoms with Crippen molar-refractivity contribution in [1.82, 2.24) is 9.97 Å². The van der Waals surface area contributed by atoms with Crippen LogP contribution in [0.4, 0.5) is 5.95 Å². The molecule has 0 radical (unpaired) electrons. The molecular weight excluding hydrogens is 202 g/mol. The molecule has 0 aliphatic carbocycles. The Morgan fingerprint density at radius 1 is 1.31 bits per heavy atom. The number of aryl methyl sites for hydroxylation is 1. The SMILES string of the molecule is Cc1cc(C(C)C)nc(NCC(C)CO)n1. The van der Waals surface area contributed by atoms with Gasteiger partial charge in [-0.2, -0.15) is 0 Å². The fraction of sp³-hybridized carbons (Fsp3) is 0.667. The molecule has 0 bridgehead atoms. The number of nitrogens with one attached hydrogen (secondary N) is 1. The third-order valence-corrected chi connectivity index (χ3v) is 2.39. The average Bonchev–Trinajstić information content (AvgIpc) is 2.25. The van der Waals surface area contributed by atoms with Gasteiger partial charge in [-0.25, -0.2) is 9.97 Å². The second kappa shape index (κ2) is 5.80. The molecule has 0 amide bonds. The van der Waals surface area contributed by atoms with Crippen molar-refractivity contribution in [3.8, 4) is 0 Å². The van der Waals surface area contributed by atoms with Crippen molar-refractivity contribution in [2.24, 2.45) is 5.92 Å². The van der Waals surface area contributed by atoms with Crippen LogP contribution in [0.5, 0.6) is 0 Å². The number of rotatable bonds is 5. The van der Waals surface area contributed by atoms with Gasteiger partial charge in [-0.05, 0) is 24.8 Å². The van der Waals surface area contributed by atoms with Crippen molar-refractivity contribution in [3.05, 3.63) is 17.5 Å². The maximum absolute atomic E-state index is 8.93. The van der Waals surface area contributed by atoms with E-state index in [-0.39, 0.29) is 12.5 Å². The Bertz CT molecular complexity index is 339. The van der Waals surface area contributed by atoms with Gasteiger partial charge in [0.15, 0.2) is 0 Å². The van der Waals surface area contributed by atoms with Crippen LogP contribution in [0.3, 0.4) is 0 Å². The Morgan fingerprint density at radius 2 is 2.00 bits per heavy atom. The maximum atomic E-state index is 8.93. The van der Waals surface area contributed by atoms with Crippen LogP contribution >= 0.6 is 0 Å². The highest BCUT2D eigenvalue weighted by Crippen LogP contribution is 2.14. The van der Waals surface area contributed by atoms with Crippen molar-refractivity contribution in [1.29, 1.82) is 0 Å². The largest absolute Gasteiger partial charge is 0.396 e. The van der Waals surface area contributed by atoms with Crippen LogP contribution in [0.25, 0.3) is 0 Å². The maximum Gasteiger partial charge on any atom is 0.223 e. The summed E-state index contributed by atoms with van der Waals surface area (Å²) in [5.41, 5.74) is 2.02. The van der Waals surface area contributed by atoms with Gasteiger partial charge in [0.2, 0.25) is 5.95 Å². The second-order valence-electron chi connectivity index (χ2n) is 4.58. The lowest BCUT2D eigenvalue weighted by atomic mass is 10.1. The molecule has 0 spiro atoms. The molecule has 0 fully saturated rings. The Balaban J connectivity index is 2.72. The highest BCUT2D eigenvalue weighted by molar-refractivity contribution is 5.29. The molecule has 2 N–H and O–H groups in total. The lowest BCUT2D eigenvalue weighted by Crippen LogP contribution is -2.16. The normalized spacial score (nSPS) is 12.9. The number of hydrogen-bond acceptors (Lipinski definition) is 4. The molecule has 0 aromatic carbocycles. The fourth-order valence-corrected chi connectivity index (χ4v) is 1.30. The highest BCUT2D eigenvalue weighted by Gasteiger charge is 2.06. The van der Waals surface area contributed by atoms with Gasteiger partial charge in [-0.1, -0.05) is 20.8 Å². The fourth-order valence-electron chi connectivity index (χ4n) is 1.30. The Labute approximate surface area is 97.1 Å². The van der Waals surface area contributed by atoms with E-state index in [0.29, 0.717) is 18.4 Å². The van der Waals surface area contributed by atoms with Gasteiger partial charge in [-0.15, -0.1) is 0 Å². The molecule has 4 heteroatoms. The Morgan fingerprint density at radius 3 is 2.56 bits per heavy atom. The highest BCUT2D eigenvalue weighted by atomic mass is 16.3. The van der Waals surface area contributed by atoms with E-state index in [1.807, 2.05) is 19.9 Å². The van der Waals surface area contributed by atoms with Crippen LogP contribution in [0.15, 0.2) is 6.07 Å². The van der Waals surface area contributed by atoms with Gasteiger partial charge < -0.3 is 10.4 Å². The van der Waals surface area contributed by atoms with Crippen LogP contribution < -0.4 is 5.32 Å². The van der Waals surface area contributed by atoms with E-state index in [1.54, 1.807) is 0 Å². The standard InChI is InChI=1S/C12H21N3O/c1-8(2)11-5-10(4)14-12(15-11)13-6-9(3)7-16/h5,8-9,16H,6-7H2,1-4H3,(H,13,14,15). The number of aliphatic hydroxyl groups excluding tert-OH is 1. The monoisotopic (exact) mass is 223 g/mol. The first-order valence-electron chi connectivity index (χ1n) is 5.73. The van der Waals surface area contributed by atoms with Gasteiger partial charge in [-0.3, -0.25) is 0 Å². The van der Waals surface area contributed by atoms with Crippen LogP contribution in [0.1, 0.15) is 38.1 Å². The first-order valence-corrected chi connectivity index (χ1v) is 5.73.